The molecule has 3 rings (SSSR count). The molecule has 1 aliphatic heterocycles. The van der Waals surface area contributed by atoms with Crippen molar-refractivity contribution in [2.45, 2.75) is 18.4 Å². The molecular formula is C18H16O2. The van der Waals surface area contributed by atoms with Crippen molar-refractivity contribution in [1.82, 2.24) is 0 Å². The van der Waals surface area contributed by atoms with Crippen LogP contribution < -0.4 is 4.74 Å². The zero-order chi connectivity index (χ0) is 14.0. The van der Waals surface area contributed by atoms with Crippen LogP contribution in [-0.4, -0.2) is 11.4 Å². The van der Waals surface area contributed by atoms with Crippen LogP contribution in [0.3, 0.4) is 0 Å². The quantitative estimate of drug-likeness (QED) is 0.785. The van der Waals surface area contributed by atoms with E-state index in [0.29, 0.717) is 24.2 Å². The number of carbonyl (C=O) groups is 1. The summed E-state index contributed by atoms with van der Waals surface area (Å²) in [5, 5.41) is 0. The summed E-state index contributed by atoms with van der Waals surface area (Å²) in [4.78, 5) is 12.7. The van der Waals surface area contributed by atoms with Gasteiger partial charge in [0.05, 0.1) is 5.56 Å². The predicted octanol–water partition coefficient (Wildman–Crippen LogP) is 3.82. The fraction of sp³-hybridized carbons (Fsp3) is 0.167. The van der Waals surface area contributed by atoms with Gasteiger partial charge >= 0.3 is 0 Å². The predicted molar refractivity (Wildman–Crippen MR) is 79.1 cm³/mol. The summed E-state index contributed by atoms with van der Waals surface area (Å²) in [6.07, 6.45) is 2.83. The van der Waals surface area contributed by atoms with Crippen LogP contribution in [0.4, 0.5) is 0 Å². The Hall–Kier alpha value is -2.35. The number of ether oxygens (including phenoxy) is 1. The van der Waals surface area contributed by atoms with Crippen LogP contribution in [0.15, 0.2) is 67.3 Å². The number of hydrogen-bond acceptors (Lipinski definition) is 2. The van der Waals surface area contributed by atoms with Crippen LogP contribution in [0.5, 0.6) is 5.75 Å². The third-order valence-corrected chi connectivity index (χ3v) is 3.66. The van der Waals surface area contributed by atoms with Crippen LogP contribution in [0, 0.1) is 0 Å². The van der Waals surface area contributed by atoms with Crippen molar-refractivity contribution < 1.29 is 9.53 Å². The highest BCUT2D eigenvalue weighted by atomic mass is 16.5. The summed E-state index contributed by atoms with van der Waals surface area (Å²) >= 11 is 0. The maximum absolute atomic E-state index is 12.7. The first-order valence-electron chi connectivity index (χ1n) is 6.73. The number of fused-ring (bicyclic) bond motifs is 1. The SMILES string of the molecule is C=CC[C@@]1(Cc2ccccc2)Oc2ccccc2C1=O. The van der Waals surface area contributed by atoms with Crippen molar-refractivity contribution in [3.05, 3.63) is 78.4 Å². The van der Waals surface area contributed by atoms with E-state index in [1.165, 1.54) is 0 Å². The Morgan fingerprint density at radius 3 is 2.45 bits per heavy atom. The van der Waals surface area contributed by atoms with Crippen molar-refractivity contribution in [2.24, 2.45) is 0 Å². The zero-order valence-electron chi connectivity index (χ0n) is 11.2. The highest BCUT2D eigenvalue weighted by Gasteiger charge is 2.46. The van der Waals surface area contributed by atoms with Gasteiger partial charge in [0.25, 0.3) is 0 Å². The second-order valence-electron chi connectivity index (χ2n) is 5.08. The molecular weight excluding hydrogens is 248 g/mol. The molecule has 0 N–H and O–H groups in total. The van der Waals surface area contributed by atoms with Crippen molar-refractivity contribution in [3.8, 4) is 5.75 Å². The van der Waals surface area contributed by atoms with Gasteiger partial charge in [-0.2, -0.15) is 0 Å². The molecule has 0 amide bonds. The largest absolute Gasteiger partial charge is 0.478 e. The lowest BCUT2D eigenvalue weighted by Gasteiger charge is -2.26. The van der Waals surface area contributed by atoms with Crippen molar-refractivity contribution in [2.75, 3.05) is 0 Å². The van der Waals surface area contributed by atoms with Crippen molar-refractivity contribution >= 4 is 5.78 Å². The smallest absolute Gasteiger partial charge is 0.210 e. The normalized spacial score (nSPS) is 20.3. The molecule has 2 aromatic carbocycles. The molecule has 1 aliphatic rings. The summed E-state index contributed by atoms with van der Waals surface area (Å²) in [7, 11) is 0. The van der Waals surface area contributed by atoms with Gasteiger partial charge in [-0.05, 0) is 17.7 Å². The molecule has 0 saturated carbocycles. The average molecular weight is 264 g/mol. The Kier molecular flexibility index (Phi) is 3.15. The first-order chi connectivity index (χ1) is 9.75. The van der Waals surface area contributed by atoms with E-state index in [2.05, 4.69) is 6.58 Å². The van der Waals surface area contributed by atoms with Crippen LogP contribution >= 0.6 is 0 Å². The summed E-state index contributed by atoms with van der Waals surface area (Å²) < 4.78 is 6.03. The Morgan fingerprint density at radius 2 is 1.75 bits per heavy atom. The van der Waals surface area contributed by atoms with Crippen molar-refractivity contribution in [1.29, 1.82) is 0 Å². The van der Waals surface area contributed by atoms with E-state index in [1.54, 1.807) is 6.08 Å². The number of benzene rings is 2. The molecule has 2 heteroatoms. The Bertz CT molecular complexity index is 645. The molecule has 0 spiro atoms. The van der Waals surface area contributed by atoms with E-state index in [0.717, 1.165) is 5.56 Å². The minimum absolute atomic E-state index is 0.0526. The van der Waals surface area contributed by atoms with Gasteiger partial charge in [0.1, 0.15) is 5.75 Å². The van der Waals surface area contributed by atoms with Crippen molar-refractivity contribution in [3.63, 3.8) is 0 Å². The molecule has 0 aromatic heterocycles. The molecule has 100 valence electrons. The van der Waals surface area contributed by atoms with E-state index in [4.69, 9.17) is 4.74 Å². The monoisotopic (exact) mass is 264 g/mol. The summed E-state index contributed by atoms with van der Waals surface area (Å²) in [5.41, 5.74) is 0.924. The van der Waals surface area contributed by atoms with Gasteiger partial charge in [-0.3, -0.25) is 4.79 Å². The first kappa shape index (κ1) is 12.7. The van der Waals surface area contributed by atoms with Crippen LogP contribution in [0.2, 0.25) is 0 Å². The first-order valence-corrected chi connectivity index (χ1v) is 6.73. The van der Waals surface area contributed by atoms with Gasteiger partial charge in [-0.15, -0.1) is 6.58 Å². The zero-order valence-corrected chi connectivity index (χ0v) is 11.2. The maximum Gasteiger partial charge on any atom is 0.210 e. The minimum Gasteiger partial charge on any atom is -0.478 e. The minimum atomic E-state index is -0.840. The van der Waals surface area contributed by atoms with Gasteiger partial charge in [-0.1, -0.05) is 48.5 Å². The van der Waals surface area contributed by atoms with E-state index in [9.17, 15) is 4.79 Å². The van der Waals surface area contributed by atoms with Gasteiger partial charge in [0, 0.05) is 12.8 Å². The summed E-state index contributed by atoms with van der Waals surface area (Å²) in [6.45, 7) is 3.78. The lowest BCUT2D eigenvalue weighted by molar-refractivity contribution is 0.0571. The Labute approximate surface area is 118 Å². The molecule has 0 saturated heterocycles. The number of carbonyl (C=O) groups excluding carboxylic acids is 1. The molecule has 20 heavy (non-hydrogen) atoms. The van der Waals surface area contributed by atoms with Crippen LogP contribution in [-0.2, 0) is 6.42 Å². The molecule has 0 unspecified atom stereocenters. The van der Waals surface area contributed by atoms with E-state index < -0.39 is 5.60 Å². The molecule has 1 atom stereocenters. The second-order valence-corrected chi connectivity index (χ2v) is 5.08. The number of rotatable bonds is 4. The third-order valence-electron chi connectivity index (χ3n) is 3.66. The molecule has 0 radical (unpaired) electrons. The lowest BCUT2D eigenvalue weighted by atomic mass is 9.86. The Morgan fingerprint density at radius 1 is 1.05 bits per heavy atom. The van der Waals surface area contributed by atoms with Gasteiger partial charge in [0.15, 0.2) is 5.60 Å². The topological polar surface area (TPSA) is 26.3 Å². The highest BCUT2D eigenvalue weighted by Crippen LogP contribution is 2.39. The fourth-order valence-electron chi connectivity index (χ4n) is 2.73. The van der Waals surface area contributed by atoms with E-state index in [1.807, 2.05) is 54.6 Å². The number of ketones is 1. The molecule has 0 aliphatic carbocycles. The highest BCUT2D eigenvalue weighted by molar-refractivity contribution is 6.07. The number of Topliss-reactive ketones (excluding diaryl/α,β-unsaturated/α-hetero) is 1. The summed E-state index contributed by atoms with van der Waals surface area (Å²) in [6, 6.07) is 17.4. The molecule has 2 aromatic rings. The van der Waals surface area contributed by atoms with Gasteiger partial charge in [-0.25, -0.2) is 0 Å². The molecule has 2 nitrogen and oxygen atoms in total. The standard InChI is InChI=1S/C18H16O2/c1-2-12-18(13-14-8-4-3-5-9-14)17(19)15-10-6-7-11-16(15)20-18/h2-11H,1,12-13H2/t18-/m0/s1. The maximum atomic E-state index is 12.7. The van der Waals surface area contributed by atoms with Crippen LogP contribution in [0.1, 0.15) is 22.3 Å². The second kappa shape index (κ2) is 4.97. The fourth-order valence-corrected chi connectivity index (χ4v) is 2.73. The van der Waals surface area contributed by atoms with Gasteiger partial charge in [0.2, 0.25) is 5.78 Å². The van der Waals surface area contributed by atoms with E-state index in [-0.39, 0.29) is 5.78 Å². The lowest BCUT2D eigenvalue weighted by Crippen LogP contribution is -2.42. The van der Waals surface area contributed by atoms with E-state index >= 15 is 0 Å². The Balaban J connectivity index is 1.99. The third kappa shape index (κ3) is 2.03. The van der Waals surface area contributed by atoms with Gasteiger partial charge < -0.3 is 4.74 Å². The average Bonchev–Trinajstić information content (AvgIpc) is 2.74. The number of hydrogen-bond donors (Lipinski definition) is 0. The molecule has 1 heterocycles. The summed E-state index contributed by atoms with van der Waals surface area (Å²) in [5.74, 6) is 0.729. The number of para-hydroxylation sites is 1. The molecule has 0 fully saturated rings. The molecule has 0 bridgehead atoms. The van der Waals surface area contributed by atoms with Crippen LogP contribution in [0.25, 0.3) is 0 Å².